The molecular formula is C11H14BrNO. The van der Waals surface area contributed by atoms with Gasteiger partial charge in [0, 0.05) is 17.6 Å². The maximum Gasteiger partial charge on any atom is 0.0517 e. The summed E-state index contributed by atoms with van der Waals surface area (Å²) in [5.74, 6) is 0.571. The number of benzene rings is 1. The summed E-state index contributed by atoms with van der Waals surface area (Å²) in [5.41, 5.74) is 2.57. The van der Waals surface area contributed by atoms with Gasteiger partial charge in [0.2, 0.25) is 0 Å². The normalized spacial score (nSPS) is 20.0. The van der Waals surface area contributed by atoms with Crippen molar-refractivity contribution in [3.63, 3.8) is 0 Å². The molecule has 0 saturated heterocycles. The SMILES string of the molecule is OCCC1CNc2c(Br)cccc2C1. The Morgan fingerprint density at radius 2 is 2.36 bits per heavy atom. The summed E-state index contributed by atoms with van der Waals surface area (Å²) >= 11 is 3.53. The topological polar surface area (TPSA) is 32.3 Å². The molecule has 0 aromatic heterocycles. The fourth-order valence-electron chi connectivity index (χ4n) is 1.95. The molecule has 76 valence electrons. The van der Waals surface area contributed by atoms with E-state index in [9.17, 15) is 0 Å². The first-order valence-corrected chi connectivity index (χ1v) is 5.72. The van der Waals surface area contributed by atoms with Crippen molar-refractivity contribution in [3.8, 4) is 0 Å². The average Bonchev–Trinajstić information content (AvgIpc) is 2.18. The molecule has 2 N–H and O–H groups in total. The van der Waals surface area contributed by atoms with Crippen LogP contribution in [0.15, 0.2) is 22.7 Å². The van der Waals surface area contributed by atoms with E-state index in [-0.39, 0.29) is 6.61 Å². The first-order chi connectivity index (χ1) is 6.81. The summed E-state index contributed by atoms with van der Waals surface area (Å²) in [6.07, 6.45) is 1.96. The number of fused-ring (bicyclic) bond motifs is 1. The van der Waals surface area contributed by atoms with Gasteiger partial charge in [0.1, 0.15) is 0 Å². The molecule has 1 atom stereocenters. The number of hydrogen-bond donors (Lipinski definition) is 2. The molecule has 0 saturated carbocycles. The zero-order chi connectivity index (χ0) is 9.97. The van der Waals surface area contributed by atoms with E-state index >= 15 is 0 Å². The number of aliphatic hydroxyl groups is 1. The summed E-state index contributed by atoms with van der Waals surface area (Å²) in [7, 11) is 0. The Morgan fingerprint density at radius 3 is 3.14 bits per heavy atom. The van der Waals surface area contributed by atoms with Gasteiger partial charge in [-0.05, 0) is 46.3 Å². The van der Waals surface area contributed by atoms with Crippen LogP contribution in [0.4, 0.5) is 5.69 Å². The largest absolute Gasteiger partial charge is 0.396 e. The van der Waals surface area contributed by atoms with Crippen LogP contribution in [0.5, 0.6) is 0 Å². The molecule has 14 heavy (non-hydrogen) atoms. The third kappa shape index (κ3) is 1.93. The lowest BCUT2D eigenvalue weighted by molar-refractivity contribution is 0.258. The summed E-state index contributed by atoms with van der Waals surface area (Å²) in [5, 5.41) is 12.3. The van der Waals surface area contributed by atoms with E-state index in [2.05, 4.69) is 39.4 Å². The minimum atomic E-state index is 0.287. The van der Waals surface area contributed by atoms with Crippen molar-refractivity contribution in [1.82, 2.24) is 0 Å². The maximum absolute atomic E-state index is 8.88. The van der Waals surface area contributed by atoms with Crippen LogP contribution in [0.2, 0.25) is 0 Å². The molecule has 3 heteroatoms. The van der Waals surface area contributed by atoms with Gasteiger partial charge < -0.3 is 10.4 Å². The Balaban J connectivity index is 2.18. The highest BCUT2D eigenvalue weighted by Crippen LogP contribution is 2.32. The Hall–Kier alpha value is -0.540. The molecular weight excluding hydrogens is 242 g/mol. The highest BCUT2D eigenvalue weighted by atomic mass is 79.9. The zero-order valence-corrected chi connectivity index (χ0v) is 9.55. The number of hydrogen-bond acceptors (Lipinski definition) is 2. The van der Waals surface area contributed by atoms with Gasteiger partial charge in [-0.2, -0.15) is 0 Å². The number of halogens is 1. The first-order valence-electron chi connectivity index (χ1n) is 4.93. The summed E-state index contributed by atoms with van der Waals surface area (Å²) in [4.78, 5) is 0. The van der Waals surface area contributed by atoms with Crippen molar-refractivity contribution in [2.45, 2.75) is 12.8 Å². The third-order valence-electron chi connectivity index (χ3n) is 2.71. The number of aliphatic hydroxyl groups excluding tert-OH is 1. The third-order valence-corrected chi connectivity index (χ3v) is 3.37. The lowest BCUT2D eigenvalue weighted by Gasteiger charge is -2.26. The minimum Gasteiger partial charge on any atom is -0.396 e. The van der Waals surface area contributed by atoms with Crippen molar-refractivity contribution in [2.75, 3.05) is 18.5 Å². The van der Waals surface area contributed by atoms with Crippen molar-refractivity contribution in [1.29, 1.82) is 0 Å². The van der Waals surface area contributed by atoms with Gasteiger partial charge in [0.15, 0.2) is 0 Å². The van der Waals surface area contributed by atoms with Gasteiger partial charge in [0.25, 0.3) is 0 Å². The standard InChI is InChI=1S/C11H14BrNO/c12-10-3-1-2-9-6-8(4-5-14)7-13-11(9)10/h1-3,8,13-14H,4-7H2. The Morgan fingerprint density at radius 1 is 1.50 bits per heavy atom. The average molecular weight is 256 g/mol. The van der Waals surface area contributed by atoms with Crippen molar-refractivity contribution < 1.29 is 5.11 Å². The summed E-state index contributed by atoms with van der Waals surface area (Å²) in [6.45, 7) is 1.26. The molecule has 1 aliphatic heterocycles. The first kappa shape index (κ1) is 9.99. The molecule has 0 radical (unpaired) electrons. The van der Waals surface area contributed by atoms with Gasteiger partial charge in [0.05, 0.1) is 5.69 Å². The molecule has 0 aliphatic carbocycles. The lowest BCUT2D eigenvalue weighted by Crippen LogP contribution is -2.24. The van der Waals surface area contributed by atoms with E-state index in [0.29, 0.717) is 5.92 Å². The number of rotatable bonds is 2. The van der Waals surface area contributed by atoms with Gasteiger partial charge in [-0.3, -0.25) is 0 Å². The quantitative estimate of drug-likeness (QED) is 0.851. The van der Waals surface area contributed by atoms with Crippen molar-refractivity contribution >= 4 is 21.6 Å². The fraction of sp³-hybridized carbons (Fsp3) is 0.455. The molecule has 0 amide bonds. The van der Waals surface area contributed by atoms with Crippen LogP contribution in [-0.2, 0) is 6.42 Å². The van der Waals surface area contributed by atoms with E-state index in [1.54, 1.807) is 0 Å². The Labute approximate surface area is 92.5 Å². The Kier molecular flexibility index (Phi) is 3.08. The molecule has 1 aliphatic rings. The van der Waals surface area contributed by atoms with Crippen LogP contribution in [-0.4, -0.2) is 18.3 Å². The maximum atomic E-state index is 8.88. The molecule has 0 spiro atoms. The highest BCUT2D eigenvalue weighted by Gasteiger charge is 2.18. The van der Waals surface area contributed by atoms with Crippen LogP contribution in [0.3, 0.4) is 0 Å². The van der Waals surface area contributed by atoms with Gasteiger partial charge in [-0.15, -0.1) is 0 Å². The molecule has 2 nitrogen and oxygen atoms in total. The van der Waals surface area contributed by atoms with Crippen LogP contribution in [0, 0.1) is 5.92 Å². The van der Waals surface area contributed by atoms with E-state index in [4.69, 9.17) is 5.11 Å². The number of nitrogens with one attached hydrogen (secondary N) is 1. The van der Waals surface area contributed by atoms with E-state index in [1.807, 2.05) is 0 Å². The van der Waals surface area contributed by atoms with Crippen LogP contribution < -0.4 is 5.32 Å². The zero-order valence-electron chi connectivity index (χ0n) is 7.96. The predicted molar refractivity (Wildman–Crippen MR) is 61.5 cm³/mol. The molecule has 1 unspecified atom stereocenters. The van der Waals surface area contributed by atoms with Crippen molar-refractivity contribution in [2.24, 2.45) is 5.92 Å². The second-order valence-electron chi connectivity index (χ2n) is 3.74. The lowest BCUT2D eigenvalue weighted by atomic mass is 9.92. The fourth-order valence-corrected chi connectivity index (χ4v) is 2.50. The molecule has 1 aromatic carbocycles. The number of anilines is 1. The second kappa shape index (κ2) is 4.32. The van der Waals surface area contributed by atoms with E-state index < -0.39 is 0 Å². The van der Waals surface area contributed by atoms with Crippen LogP contribution in [0.25, 0.3) is 0 Å². The number of para-hydroxylation sites is 1. The van der Waals surface area contributed by atoms with Gasteiger partial charge in [-0.25, -0.2) is 0 Å². The molecule has 2 rings (SSSR count). The minimum absolute atomic E-state index is 0.287. The summed E-state index contributed by atoms with van der Waals surface area (Å²) < 4.78 is 1.14. The molecule has 1 aromatic rings. The van der Waals surface area contributed by atoms with Crippen LogP contribution in [0.1, 0.15) is 12.0 Å². The van der Waals surface area contributed by atoms with Crippen LogP contribution >= 0.6 is 15.9 Å². The monoisotopic (exact) mass is 255 g/mol. The van der Waals surface area contributed by atoms with E-state index in [1.165, 1.54) is 11.3 Å². The Bertz CT molecular complexity index is 327. The van der Waals surface area contributed by atoms with Crippen molar-refractivity contribution in [3.05, 3.63) is 28.2 Å². The molecule has 0 fully saturated rings. The van der Waals surface area contributed by atoms with Gasteiger partial charge >= 0.3 is 0 Å². The van der Waals surface area contributed by atoms with Gasteiger partial charge in [-0.1, -0.05) is 12.1 Å². The second-order valence-corrected chi connectivity index (χ2v) is 4.59. The smallest absolute Gasteiger partial charge is 0.0517 e. The summed E-state index contributed by atoms with van der Waals surface area (Å²) in [6, 6.07) is 6.26. The molecule has 1 heterocycles. The predicted octanol–water partition coefficient (Wildman–Crippen LogP) is 2.42. The highest BCUT2D eigenvalue weighted by molar-refractivity contribution is 9.10. The molecule has 0 bridgehead atoms. The van der Waals surface area contributed by atoms with E-state index in [0.717, 1.165) is 23.9 Å².